The molecule has 2 aromatic heterocycles. The largest absolute Gasteiger partial charge is 0.496 e. The molecule has 0 atom stereocenters. The third-order valence-corrected chi connectivity index (χ3v) is 5.94. The van der Waals surface area contributed by atoms with Crippen LogP contribution in [0.1, 0.15) is 55.2 Å². The van der Waals surface area contributed by atoms with Crippen LogP contribution in [0.2, 0.25) is 0 Å². The molecule has 10 heteroatoms. The summed E-state index contributed by atoms with van der Waals surface area (Å²) in [5.74, 6) is 0.688. The highest BCUT2D eigenvalue weighted by atomic mass is 16.5. The predicted molar refractivity (Wildman–Crippen MR) is 130 cm³/mol. The number of pyridine rings is 1. The maximum absolute atomic E-state index is 13.2. The summed E-state index contributed by atoms with van der Waals surface area (Å²) >= 11 is 0. The first-order chi connectivity index (χ1) is 16.6. The second-order valence-corrected chi connectivity index (χ2v) is 9.37. The van der Waals surface area contributed by atoms with Crippen molar-refractivity contribution in [2.45, 2.75) is 52.3 Å². The third kappa shape index (κ3) is 5.02. The lowest BCUT2D eigenvalue weighted by atomic mass is 9.95. The minimum absolute atomic E-state index is 0.155. The number of rotatable bonds is 6. The second-order valence-electron chi connectivity index (χ2n) is 9.37. The van der Waals surface area contributed by atoms with Crippen molar-refractivity contribution in [2.75, 3.05) is 19.0 Å². The van der Waals surface area contributed by atoms with Crippen molar-refractivity contribution in [1.29, 1.82) is 0 Å². The number of carbonyl (C=O) groups is 2. The molecule has 0 spiro atoms. The number of carbonyl (C=O) groups excluding carboxylic acids is 2. The summed E-state index contributed by atoms with van der Waals surface area (Å²) in [7, 11) is 1.52. The van der Waals surface area contributed by atoms with Gasteiger partial charge in [0, 0.05) is 19.1 Å². The summed E-state index contributed by atoms with van der Waals surface area (Å²) in [6.45, 7) is 7.79. The number of nitrogens with one attached hydrogen (secondary N) is 1. The SMILES string of the molecule is COc1cc2c(cc1C(=O)Nc1cccc(-c3nncn3C(C)C)n1)CN(C(=O)C(C)(C)O)CC2. The fraction of sp³-hybridized carbons (Fsp3) is 0.400. The summed E-state index contributed by atoms with van der Waals surface area (Å²) in [5, 5.41) is 21.1. The highest BCUT2D eigenvalue weighted by Crippen LogP contribution is 2.30. The van der Waals surface area contributed by atoms with Crippen LogP contribution in [0.5, 0.6) is 5.75 Å². The molecule has 0 bridgehead atoms. The van der Waals surface area contributed by atoms with Crippen LogP contribution in [0, 0.1) is 0 Å². The molecule has 1 aliphatic heterocycles. The Morgan fingerprint density at radius 2 is 1.97 bits per heavy atom. The number of aliphatic hydroxyl groups is 1. The van der Waals surface area contributed by atoms with Gasteiger partial charge in [0.25, 0.3) is 11.8 Å². The molecule has 0 unspecified atom stereocenters. The van der Waals surface area contributed by atoms with Crippen LogP contribution in [0.4, 0.5) is 5.82 Å². The first-order valence-electron chi connectivity index (χ1n) is 11.5. The van der Waals surface area contributed by atoms with Gasteiger partial charge in [0.1, 0.15) is 29.2 Å². The van der Waals surface area contributed by atoms with Crippen LogP contribution >= 0.6 is 0 Å². The molecular formula is C25H30N6O4. The lowest BCUT2D eigenvalue weighted by Gasteiger charge is -2.33. The highest BCUT2D eigenvalue weighted by molar-refractivity contribution is 6.06. The standard InChI is InChI=1S/C25H30N6O4/c1-15(2)31-14-26-29-22(31)19-7-6-8-21(27-19)28-23(32)18-11-17-13-30(24(33)25(3,4)34)10-9-16(17)12-20(18)35-5/h6-8,11-12,14-15,34H,9-10,13H2,1-5H3,(H,27,28,32). The van der Waals surface area contributed by atoms with E-state index in [1.807, 2.05) is 30.5 Å². The van der Waals surface area contributed by atoms with Crippen LogP contribution in [0.15, 0.2) is 36.7 Å². The second kappa shape index (κ2) is 9.46. The summed E-state index contributed by atoms with van der Waals surface area (Å²) < 4.78 is 7.40. The molecule has 184 valence electrons. The van der Waals surface area contributed by atoms with E-state index in [9.17, 15) is 14.7 Å². The summed E-state index contributed by atoms with van der Waals surface area (Å²) in [6, 6.07) is 9.04. The van der Waals surface area contributed by atoms with Gasteiger partial charge in [-0.15, -0.1) is 10.2 Å². The van der Waals surface area contributed by atoms with Crippen LogP contribution in [-0.2, 0) is 17.8 Å². The van der Waals surface area contributed by atoms with E-state index in [2.05, 4.69) is 20.5 Å². The molecule has 0 aliphatic carbocycles. The predicted octanol–water partition coefficient (Wildman–Crippen LogP) is 2.84. The summed E-state index contributed by atoms with van der Waals surface area (Å²) in [5.41, 5.74) is 1.31. The van der Waals surface area contributed by atoms with Gasteiger partial charge in [0.15, 0.2) is 5.82 Å². The molecule has 10 nitrogen and oxygen atoms in total. The van der Waals surface area contributed by atoms with Crippen LogP contribution in [0.25, 0.3) is 11.5 Å². The molecule has 0 saturated heterocycles. The van der Waals surface area contributed by atoms with Gasteiger partial charge >= 0.3 is 0 Å². The quantitative estimate of drug-likeness (QED) is 0.558. The molecule has 1 aromatic carbocycles. The molecule has 0 radical (unpaired) electrons. The summed E-state index contributed by atoms with van der Waals surface area (Å²) in [4.78, 5) is 32.0. The average molecular weight is 479 g/mol. The van der Waals surface area contributed by atoms with Crippen molar-refractivity contribution in [2.24, 2.45) is 0 Å². The van der Waals surface area contributed by atoms with Gasteiger partial charge in [-0.3, -0.25) is 9.59 Å². The Morgan fingerprint density at radius 3 is 2.66 bits per heavy atom. The normalized spacial score (nSPS) is 13.5. The summed E-state index contributed by atoms with van der Waals surface area (Å²) in [6.07, 6.45) is 2.26. The number of anilines is 1. The van der Waals surface area contributed by atoms with E-state index in [1.54, 1.807) is 29.4 Å². The Labute approximate surface area is 204 Å². The van der Waals surface area contributed by atoms with Crippen molar-refractivity contribution >= 4 is 17.6 Å². The van der Waals surface area contributed by atoms with Crippen LogP contribution < -0.4 is 10.1 Å². The van der Waals surface area contributed by atoms with Gasteiger partial charge in [-0.1, -0.05) is 6.07 Å². The van der Waals surface area contributed by atoms with Crippen molar-refractivity contribution in [1.82, 2.24) is 24.6 Å². The number of aromatic nitrogens is 4. The number of methoxy groups -OCH3 is 1. The van der Waals surface area contributed by atoms with Gasteiger partial charge in [-0.05, 0) is 69.5 Å². The number of amides is 2. The minimum atomic E-state index is -1.46. The molecule has 1 aliphatic rings. The fourth-order valence-corrected chi connectivity index (χ4v) is 4.11. The molecule has 2 N–H and O–H groups in total. The number of fused-ring (bicyclic) bond motifs is 1. The van der Waals surface area contributed by atoms with Gasteiger partial charge in [-0.25, -0.2) is 4.98 Å². The molecule has 0 saturated carbocycles. The zero-order valence-electron chi connectivity index (χ0n) is 20.6. The Bertz CT molecular complexity index is 1260. The van der Waals surface area contributed by atoms with Crippen molar-refractivity contribution in [3.8, 4) is 17.3 Å². The van der Waals surface area contributed by atoms with Gasteiger partial charge in [0.05, 0.1) is 12.7 Å². The minimum Gasteiger partial charge on any atom is -0.496 e. The van der Waals surface area contributed by atoms with Crippen molar-refractivity contribution in [3.05, 3.63) is 53.3 Å². The smallest absolute Gasteiger partial charge is 0.260 e. The zero-order chi connectivity index (χ0) is 25.3. The molecule has 35 heavy (non-hydrogen) atoms. The maximum atomic E-state index is 13.2. The van der Waals surface area contributed by atoms with E-state index in [1.165, 1.54) is 21.0 Å². The number of nitrogens with zero attached hydrogens (tertiary/aromatic N) is 5. The number of benzene rings is 1. The number of ether oxygens (including phenoxy) is 1. The van der Waals surface area contributed by atoms with E-state index in [0.717, 1.165) is 11.1 Å². The van der Waals surface area contributed by atoms with Crippen molar-refractivity contribution < 1.29 is 19.4 Å². The average Bonchev–Trinajstić information content (AvgIpc) is 3.32. The highest BCUT2D eigenvalue weighted by Gasteiger charge is 2.32. The van der Waals surface area contributed by atoms with Crippen molar-refractivity contribution in [3.63, 3.8) is 0 Å². The van der Waals surface area contributed by atoms with Crippen LogP contribution in [-0.4, -0.2) is 60.8 Å². The van der Waals surface area contributed by atoms with Gasteiger partial charge < -0.3 is 24.6 Å². The third-order valence-electron chi connectivity index (χ3n) is 5.94. The van der Waals surface area contributed by atoms with E-state index in [-0.39, 0.29) is 17.9 Å². The Kier molecular flexibility index (Phi) is 6.58. The van der Waals surface area contributed by atoms with E-state index >= 15 is 0 Å². The first kappa shape index (κ1) is 24.3. The molecule has 2 amide bonds. The molecule has 4 rings (SSSR count). The fourth-order valence-electron chi connectivity index (χ4n) is 4.11. The molecule has 0 fully saturated rings. The van der Waals surface area contributed by atoms with Gasteiger partial charge in [0.2, 0.25) is 0 Å². The first-order valence-corrected chi connectivity index (χ1v) is 11.5. The van der Waals surface area contributed by atoms with Crippen LogP contribution in [0.3, 0.4) is 0 Å². The Balaban J connectivity index is 1.60. The van der Waals surface area contributed by atoms with Gasteiger partial charge in [-0.2, -0.15) is 0 Å². The number of hydrogen-bond donors (Lipinski definition) is 2. The lowest BCUT2D eigenvalue weighted by Crippen LogP contribution is -2.47. The number of hydrogen-bond acceptors (Lipinski definition) is 7. The molecule has 3 aromatic rings. The Morgan fingerprint density at radius 1 is 1.20 bits per heavy atom. The maximum Gasteiger partial charge on any atom is 0.260 e. The van der Waals surface area contributed by atoms with E-state index in [4.69, 9.17) is 4.74 Å². The topological polar surface area (TPSA) is 122 Å². The monoisotopic (exact) mass is 478 g/mol. The molecular weight excluding hydrogens is 448 g/mol. The zero-order valence-corrected chi connectivity index (χ0v) is 20.6. The van der Waals surface area contributed by atoms with E-state index in [0.29, 0.717) is 48.2 Å². The lowest BCUT2D eigenvalue weighted by molar-refractivity contribution is -0.148. The molecule has 3 heterocycles. The van der Waals surface area contributed by atoms with E-state index < -0.39 is 5.60 Å². The Hall–Kier alpha value is -3.79.